The molecular weight excluding hydrogens is 292 g/mol. The average molecular weight is 320 g/mol. The van der Waals surface area contributed by atoms with Crippen molar-refractivity contribution in [2.45, 2.75) is 45.8 Å². The number of ether oxygens (including phenoxy) is 2. The lowest BCUT2D eigenvalue weighted by Crippen LogP contribution is -2.40. The molecule has 0 bridgehead atoms. The first-order chi connectivity index (χ1) is 10.9. The van der Waals surface area contributed by atoms with Crippen LogP contribution in [-0.4, -0.2) is 43.7 Å². The number of hydrogen-bond acceptors (Lipinski definition) is 5. The van der Waals surface area contributed by atoms with Crippen LogP contribution in [0.3, 0.4) is 0 Å². The summed E-state index contributed by atoms with van der Waals surface area (Å²) in [5, 5.41) is 6.59. The molecule has 5 heteroatoms. The van der Waals surface area contributed by atoms with Gasteiger partial charge in [0.25, 0.3) is 0 Å². The van der Waals surface area contributed by atoms with Crippen LogP contribution in [0.5, 0.6) is 5.75 Å². The molecule has 0 aromatic heterocycles. The highest BCUT2D eigenvalue weighted by molar-refractivity contribution is 6.01. The zero-order valence-corrected chi connectivity index (χ0v) is 14.6. The highest BCUT2D eigenvalue weighted by atomic mass is 16.5. The first kappa shape index (κ1) is 17.8. The smallest absolute Gasteiger partial charge is 0.179 e. The summed E-state index contributed by atoms with van der Waals surface area (Å²) in [6, 6.07) is 5.38. The van der Waals surface area contributed by atoms with Gasteiger partial charge >= 0.3 is 0 Å². The van der Waals surface area contributed by atoms with Crippen molar-refractivity contribution in [1.29, 1.82) is 0 Å². The Morgan fingerprint density at radius 1 is 1.48 bits per heavy atom. The zero-order valence-electron chi connectivity index (χ0n) is 14.6. The van der Waals surface area contributed by atoms with Crippen molar-refractivity contribution in [3.8, 4) is 5.75 Å². The monoisotopic (exact) mass is 320 g/mol. The Kier molecular flexibility index (Phi) is 6.02. The predicted molar refractivity (Wildman–Crippen MR) is 92.5 cm³/mol. The largest absolute Gasteiger partial charge is 0.484 e. The summed E-state index contributed by atoms with van der Waals surface area (Å²) in [7, 11) is 0. The molecule has 0 fully saturated rings. The van der Waals surface area contributed by atoms with E-state index in [2.05, 4.69) is 10.6 Å². The molecule has 23 heavy (non-hydrogen) atoms. The summed E-state index contributed by atoms with van der Waals surface area (Å²) in [5.74, 6) is 0.894. The molecule has 5 nitrogen and oxygen atoms in total. The number of hydrogen-bond donors (Lipinski definition) is 2. The topological polar surface area (TPSA) is 59.6 Å². The van der Waals surface area contributed by atoms with Crippen molar-refractivity contribution in [3.05, 3.63) is 23.8 Å². The van der Waals surface area contributed by atoms with E-state index in [0.29, 0.717) is 5.56 Å². The lowest BCUT2D eigenvalue weighted by atomic mass is 10.0. The molecule has 0 saturated carbocycles. The van der Waals surface area contributed by atoms with Crippen LogP contribution in [-0.2, 0) is 4.74 Å². The van der Waals surface area contributed by atoms with Gasteiger partial charge in [0.2, 0.25) is 0 Å². The van der Waals surface area contributed by atoms with Crippen molar-refractivity contribution in [1.82, 2.24) is 5.32 Å². The lowest BCUT2D eigenvalue weighted by Gasteiger charge is -2.33. The van der Waals surface area contributed by atoms with Crippen molar-refractivity contribution >= 4 is 11.5 Å². The maximum absolute atomic E-state index is 12.5. The highest BCUT2D eigenvalue weighted by Crippen LogP contribution is 2.33. The SMILES string of the molecule is CCOCCCNC(C)C(=O)c1ccc2c(c1)NCC(C)(C)O2. The van der Waals surface area contributed by atoms with Crippen molar-refractivity contribution < 1.29 is 14.3 Å². The van der Waals surface area contributed by atoms with Gasteiger partial charge in [-0.25, -0.2) is 0 Å². The van der Waals surface area contributed by atoms with E-state index in [9.17, 15) is 4.79 Å². The van der Waals surface area contributed by atoms with Crippen LogP contribution in [0.2, 0.25) is 0 Å². The van der Waals surface area contributed by atoms with Gasteiger partial charge < -0.3 is 20.1 Å². The van der Waals surface area contributed by atoms with Crippen molar-refractivity contribution in [2.75, 3.05) is 31.6 Å². The Morgan fingerprint density at radius 3 is 3.00 bits per heavy atom. The summed E-state index contributed by atoms with van der Waals surface area (Å²) in [4.78, 5) is 12.5. The third kappa shape index (κ3) is 4.94. The van der Waals surface area contributed by atoms with Crippen LogP contribution in [0, 0.1) is 0 Å². The molecule has 0 aliphatic carbocycles. The van der Waals surface area contributed by atoms with Crippen molar-refractivity contribution in [2.24, 2.45) is 0 Å². The van der Waals surface area contributed by atoms with Gasteiger partial charge in [-0.15, -0.1) is 0 Å². The molecule has 1 heterocycles. The maximum atomic E-state index is 12.5. The second-order valence-electron chi connectivity index (χ2n) is 6.52. The van der Waals surface area contributed by atoms with Crippen LogP contribution in [0.25, 0.3) is 0 Å². The lowest BCUT2D eigenvalue weighted by molar-refractivity contribution is 0.0946. The van der Waals surface area contributed by atoms with E-state index in [1.165, 1.54) is 0 Å². The maximum Gasteiger partial charge on any atom is 0.179 e. The fourth-order valence-corrected chi connectivity index (χ4v) is 2.53. The molecule has 0 spiro atoms. The summed E-state index contributed by atoms with van der Waals surface area (Å²) >= 11 is 0. The summed E-state index contributed by atoms with van der Waals surface area (Å²) < 4.78 is 11.2. The number of carbonyl (C=O) groups is 1. The van der Waals surface area contributed by atoms with E-state index in [4.69, 9.17) is 9.47 Å². The van der Waals surface area contributed by atoms with Gasteiger partial charge in [0.15, 0.2) is 5.78 Å². The predicted octanol–water partition coefficient (Wildman–Crippen LogP) is 2.86. The number of Topliss-reactive ketones (excluding diaryl/α,β-unsaturated/α-hetero) is 1. The van der Waals surface area contributed by atoms with Gasteiger partial charge in [-0.2, -0.15) is 0 Å². The molecule has 1 aliphatic heterocycles. The van der Waals surface area contributed by atoms with E-state index in [1.807, 2.05) is 45.9 Å². The Balaban J connectivity index is 1.92. The summed E-state index contributed by atoms with van der Waals surface area (Å²) in [5.41, 5.74) is 1.36. The first-order valence-corrected chi connectivity index (χ1v) is 8.35. The number of ketones is 1. The van der Waals surface area contributed by atoms with E-state index in [-0.39, 0.29) is 17.4 Å². The number of rotatable bonds is 8. The van der Waals surface area contributed by atoms with E-state index in [0.717, 1.165) is 44.2 Å². The Hall–Kier alpha value is -1.59. The van der Waals surface area contributed by atoms with Crippen LogP contribution in [0.15, 0.2) is 18.2 Å². The van der Waals surface area contributed by atoms with Crippen LogP contribution >= 0.6 is 0 Å². The number of fused-ring (bicyclic) bond motifs is 1. The van der Waals surface area contributed by atoms with Crippen LogP contribution in [0.1, 0.15) is 44.5 Å². The second kappa shape index (κ2) is 7.79. The molecule has 2 rings (SSSR count). The standard InChI is InChI=1S/C18H28N2O3/c1-5-22-10-6-9-19-13(2)17(21)14-7-8-16-15(11-14)20-12-18(3,4)23-16/h7-8,11,13,19-20H,5-6,9-10,12H2,1-4H3. The third-order valence-corrected chi connectivity index (χ3v) is 3.87. The minimum absolute atomic E-state index is 0.0934. The fourth-order valence-electron chi connectivity index (χ4n) is 2.53. The second-order valence-corrected chi connectivity index (χ2v) is 6.52. The van der Waals surface area contributed by atoms with Gasteiger partial charge in [0.1, 0.15) is 11.4 Å². The molecule has 0 radical (unpaired) electrons. The molecule has 1 aromatic rings. The summed E-state index contributed by atoms with van der Waals surface area (Å²) in [6.07, 6.45) is 0.903. The third-order valence-electron chi connectivity index (χ3n) is 3.87. The minimum atomic E-state index is -0.228. The minimum Gasteiger partial charge on any atom is -0.484 e. The molecule has 1 aromatic carbocycles. The molecule has 1 atom stereocenters. The first-order valence-electron chi connectivity index (χ1n) is 8.35. The van der Waals surface area contributed by atoms with Crippen molar-refractivity contribution in [3.63, 3.8) is 0 Å². The summed E-state index contributed by atoms with van der Waals surface area (Å²) in [6.45, 7) is 10.9. The number of nitrogens with one attached hydrogen (secondary N) is 2. The van der Waals surface area contributed by atoms with Crippen LogP contribution in [0.4, 0.5) is 5.69 Å². The number of benzene rings is 1. The fraction of sp³-hybridized carbons (Fsp3) is 0.611. The van der Waals surface area contributed by atoms with Gasteiger partial charge in [-0.1, -0.05) is 0 Å². The molecular formula is C18H28N2O3. The highest BCUT2D eigenvalue weighted by Gasteiger charge is 2.27. The molecule has 0 saturated heterocycles. The molecule has 128 valence electrons. The van der Waals surface area contributed by atoms with E-state index >= 15 is 0 Å². The molecule has 1 aliphatic rings. The van der Waals surface area contributed by atoms with Gasteiger partial charge in [-0.05, 0) is 58.9 Å². The van der Waals surface area contributed by atoms with Gasteiger partial charge in [0.05, 0.1) is 18.3 Å². The van der Waals surface area contributed by atoms with Gasteiger partial charge in [-0.3, -0.25) is 4.79 Å². The van der Waals surface area contributed by atoms with Gasteiger partial charge in [0, 0.05) is 18.8 Å². The Bertz CT molecular complexity index is 543. The van der Waals surface area contributed by atoms with Crippen LogP contribution < -0.4 is 15.4 Å². The Labute approximate surface area is 138 Å². The number of anilines is 1. The van der Waals surface area contributed by atoms with E-state index in [1.54, 1.807) is 0 Å². The zero-order chi connectivity index (χ0) is 16.9. The molecule has 0 amide bonds. The average Bonchev–Trinajstić information content (AvgIpc) is 2.52. The molecule has 2 N–H and O–H groups in total. The normalized spacial score (nSPS) is 16.9. The quantitative estimate of drug-likeness (QED) is 0.570. The van der Waals surface area contributed by atoms with E-state index < -0.39 is 0 Å². The molecule has 1 unspecified atom stereocenters. The Morgan fingerprint density at radius 2 is 2.26 bits per heavy atom. The number of carbonyl (C=O) groups excluding carboxylic acids is 1.